The molecule has 0 unspecified atom stereocenters. The van der Waals surface area contributed by atoms with E-state index in [-0.39, 0.29) is 27.8 Å². The molecule has 1 aliphatic heterocycles. The van der Waals surface area contributed by atoms with Crippen molar-refractivity contribution in [3.8, 4) is 0 Å². The summed E-state index contributed by atoms with van der Waals surface area (Å²) < 4.78 is 13.5. The Morgan fingerprint density at radius 2 is 2.00 bits per heavy atom. The molecular weight excluding hydrogens is 411 g/mol. The number of hydrogen-bond donors (Lipinski definition) is 4. The number of alkyl halides is 1. The van der Waals surface area contributed by atoms with Gasteiger partial charge >= 0.3 is 5.69 Å². The zero-order chi connectivity index (χ0) is 18.8. The number of anilines is 4. The number of nitrogens with two attached hydrogens (primary N) is 2. The number of carbonyl (C=O) groups excluding carboxylic acids is 1. The van der Waals surface area contributed by atoms with E-state index in [2.05, 4.69) is 41.2 Å². The fourth-order valence-electron chi connectivity index (χ4n) is 2.59. The van der Waals surface area contributed by atoms with E-state index in [1.165, 1.54) is 6.20 Å². The first-order valence-electron chi connectivity index (χ1n) is 7.73. The lowest BCUT2D eigenvalue weighted by Crippen LogP contribution is -2.36. The first-order valence-corrected chi connectivity index (χ1v) is 8.52. The summed E-state index contributed by atoms with van der Waals surface area (Å²) in [5, 5.41) is 2.55. The molecule has 1 aliphatic rings. The van der Waals surface area contributed by atoms with Crippen LogP contribution in [0.1, 0.15) is 23.3 Å². The highest BCUT2D eigenvalue weighted by Crippen LogP contribution is 2.27. The minimum Gasteiger partial charge on any atom is -0.382 e. The molecule has 0 saturated carbocycles. The van der Waals surface area contributed by atoms with E-state index in [0.717, 1.165) is 0 Å². The van der Waals surface area contributed by atoms with E-state index in [0.29, 0.717) is 31.6 Å². The molecule has 138 valence electrons. The number of H-pyrrole nitrogens is 1. The summed E-state index contributed by atoms with van der Waals surface area (Å²) in [5.74, 6) is -0.661. The third-order valence-corrected chi connectivity index (χ3v) is 4.50. The van der Waals surface area contributed by atoms with Gasteiger partial charge in [0.25, 0.3) is 5.91 Å². The Labute approximate surface area is 155 Å². The van der Waals surface area contributed by atoms with Crippen molar-refractivity contribution in [2.75, 3.05) is 34.8 Å². The lowest BCUT2D eigenvalue weighted by atomic mass is 10.1. The van der Waals surface area contributed by atoms with Gasteiger partial charge in [0, 0.05) is 13.1 Å². The summed E-state index contributed by atoms with van der Waals surface area (Å²) in [6.45, 7) is 0.875. The molecule has 1 amide bonds. The predicted octanol–water partition coefficient (Wildman–Crippen LogP) is 0.677. The van der Waals surface area contributed by atoms with Crippen molar-refractivity contribution >= 4 is 45.0 Å². The van der Waals surface area contributed by atoms with Gasteiger partial charge in [-0.15, -0.1) is 0 Å². The van der Waals surface area contributed by atoms with E-state index in [1.807, 2.05) is 4.90 Å². The van der Waals surface area contributed by atoms with Crippen LogP contribution in [-0.4, -0.2) is 45.1 Å². The largest absolute Gasteiger partial charge is 0.382 e. The zero-order valence-electron chi connectivity index (χ0n) is 13.5. The Bertz CT molecular complexity index is 897. The van der Waals surface area contributed by atoms with Gasteiger partial charge in [0.05, 0.1) is 11.9 Å². The van der Waals surface area contributed by atoms with Crippen molar-refractivity contribution in [2.45, 2.75) is 19.0 Å². The Balaban J connectivity index is 1.90. The van der Waals surface area contributed by atoms with E-state index in [4.69, 9.17) is 11.5 Å². The number of nitrogens with zero attached hydrogens (tertiary/aromatic N) is 4. The highest BCUT2D eigenvalue weighted by Gasteiger charge is 2.23. The second-order valence-electron chi connectivity index (χ2n) is 5.70. The molecule has 0 atom stereocenters. The van der Waals surface area contributed by atoms with Crippen LogP contribution >= 0.6 is 15.9 Å². The Kier molecular flexibility index (Phi) is 5.02. The molecule has 0 aromatic carbocycles. The molecule has 0 bridgehead atoms. The second-order valence-corrected chi connectivity index (χ2v) is 6.45. The quantitative estimate of drug-likeness (QED) is 0.557. The summed E-state index contributed by atoms with van der Waals surface area (Å²) in [6, 6.07) is 0. The van der Waals surface area contributed by atoms with Crippen molar-refractivity contribution in [1.29, 1.82) is 0 Å². The van der Waals surface area contributed by atoms with Gasteiger partial charge in [0.15, 0.2) is 17.3 Å². The molecule has 0 radical (unpaired) electrons. The van der Waals surface area contributed by atoms with Crippen molar-refractivity contribution in [3.63, 3.8) is 0 Å². The molecule has 2 aromatic rings. The number of amides is 1. The molecule has 1 fully saturated rings. The van der Waals surface area contributed by atoms with E-state index in [9.17, 15) is 14.0 Å². The van der Waals surface area contributed by atoms with Crippen molar-refractivity contribution in [1.82, 2.24) is 19.9 Å². The molecular formula is C14H16BrFN8O2. The van der Waals surface area contributed by atoms with Crippen LogP contribution in [0.3, 0.4) is 0 Å². The topological polar surface area (TPSA) is 156 Å². The molecule has 0 aliphatic carbocycles. The third-order valence-electron chi connectivity index (χ3n) is 3.92. The van der Waals surface area contributed by atoms with Crippen LogP contribution in [-0.2, 0) is 0 Å². The van der Waals surface area contributed by atoms with Crippen molar-refractivity contribution in [2.24, 2.45) is 0 Å². The average molecular weight is 427 g/mol. The molecule has 26 heavy (non-hydrogen) atoms. The average Bonchev–Trinajstić information content (AvgIpc) is 2.59. The summed E-state index contributed by atoms with van der Waals surface area (Å²) in [7, 11) is 0. The van der Waals surface area contributed by atoms with Crippen LogP contribution in [0.4, 0.5) is 27.5 Å². The standard InChI is InChI=1S/C14H16BrFN8O2/c15-9-11(18)21-10(17)8(20-9)13(25)22-12-7(5-19-14(26)23-12)24-3-1-6(16)2-4-24/h5-6H,1-4H2,(H4,17,18,21)(H2,19,22,23,25,26). The maximum atomic E-state index is 13.4. The van der Waals surface area contributed by atoms with Gasteiger partial charge in [-0.25, -0.2) is 19.2 Å². The zero-order valence-corrected chi connectivity index (χ0v) is 15.1. The Morgan fingerprint density at radius 1 is 1.31 bits per heavy atom. The summed E-state index contributed by atoms with van der Waals surface area (Å²) in [6.07, 6.45) is 1.19. The molecule has 1 saturated heterocycles. The number of aromatic amines is 1. The van der Waals surface area contributed by atoms with Crippen LogP contribution in [0.2, 0.25) is 0 Å². The van der Waals surface area contributed by atoms with Crippen molar-refractivity contribution in [3.05, 3.63) is 27.0 Å². The normalized spacial score (nSPS) is 15.1. The second kappa shape index (κ2) is 7.23. The minimum atomic E-state index is -0.859. The third kappa shape index (κ3) is 3.74. The number of nitrogen functional groups attached to an aromatic ring is 2. The molecule has 3 heterocycles. The van der Waals surface area contributed by atoms with Crippen LogP contribution in [0, 0.1) is 0 Å². The van der Waals surface area contributed by atoms with Gasteiger partial charge in [-0.2, -0.15) is 4.98 Å². The van der Waals surface area contributed by atoms with Gasteiger partial charge < -0.3 is 21.7 Å². The van der Waals surface area contributed by atoms with E-state index < -0.39 is 17.8 Å². The number of piperidine rings is 1. The molecule has 2 aromatic heterocycles. The smallest absolute Gasteiger partial charge is 0.346 e. The Hall–Kier alpha value is -2.76. The first kappa shape index (κ1) is 18.0. The molecule has 12 heteroatoms. The fraction of sp³-hybridized carbons (Fsp3) is 0.357. The highest BCUT2D eigenvalue weighted by atomic mass is 79.9. The number of halogens is 2. The van der Waals surface area contributed by atoms with Gasteiger partial charge in [-0.1, -0.05) is 0 Å². The molecule has 3 rings (SSSR count). The highest BCUT2D eigenvalue weighted by molar-refractivity contribution is 9.10. The molecule has 0 spiro atoms. The summed E-state index contributed by atoms with van der Waals surface area (Å²) in [4.78, 5) is 39.9. The SMILES string of the molecule is Nc1nc(N)c(C(=O)Nc2[nH]c(=O)ncc2N2CCC(F)CC2)nc1Br. The van der Waals surface area contributed by atoms with Gasteiger partial charge in [0.1, 0.15) is 16.6 Å². The van der Waals surface area contributed by atoms with Crippen LogP contribution in [0.15, 0.2) is 15.6 Å². The predicted molar refractivity (Wildman–Crippen MR) is 97.7 cm³/mol. The maximum absolute atomic E-state index is 13.4. The number of nitrogens with one attached hydrogen (secondary N) is 2. The number of rotatable bonds is 3. The van der Waals surface area contributed by atoms with E-state index in [1.54, 1.807) is 0 Å². The van der Waals surface area contributed by atoms with Crippen molar-refractivity contribution < 1.29 is 9.18 Å². The summed E-state index contributed by atoms with van der Waals surface area (Å²) >= 11 is 3.08. The fourth-order valence-corrected chi connectivity index (χ4v) is 2.86. The van der Waals surface area contributed by atoms with Gasteiger partial charge in [-0.05, 0) is 28.8 Å². The lowest BCUT2D eigenvalue weighted by Gasteiger charge is -2.31. The van der Waals surface area contributed by atoms with E-state index >= 15 is 0 Å². The number of hydrogen-bond acceptors (Lipinski definition) is 8. The van der Waals surface area contributed by atoms with Gasteiger partial charge in [-0.3, -0.25) is 9.78 Å². The van der Waals surface area contributed by atoms with Crippen LogP contribution in [0.5, 0.6) is 0 Å². The molecule has 6 N–H and O–H groups in total. The van der Waals surface area contributed by atoms with Gasteiger partial charge in [0.2, 0.25) is 0 Å². The molecule has 10 nitrogen and oxygen atoms in total. The van der Waals surface area contributed by atoms with Crippen LogP contribution in [0.25, 0.3) is 0 Å². The number of carbonyl (C=O) groups is 1. The monoisotopic (exact) mass is 426 g/mol. The Morgan fingerprint density at radius 3 is 2.69 bits per heavy atom. The summed E-state index contributed by atoms with van der Waals surface area (Å²) in [5.41, 5.74) is 11.0. The first-order chi connectivity index (χ1) is 12.3. The minimum absolute atomic E-state index is 0.0474. The maximum Gasteiger partial charge on any atom is 0.346 e. The van der Waals surface area contributed by atoms with Crippen LogP contribution < -0.4 is 27.4 Å². The number of aromatic nitrogens is 4. The lowest BCUT2D eigenvalue weighted by molar-refractivity contribution is 0.102.